The van der Waals surface area contributed by atoms with E-state index in [2.05, 4.69) is 40.1 Å². The molecule has 0 bridgehead atoms. The predicted molar refractivity (Wildman–Crippen MR) is 151 cm³/mol. The summed E-state index contributed by atoms with van der Waals surface area (Å²) in [5, 5.41) is 8.39. The number of benzene rings is 3. The molecule has 3 aromatic rings. The van der Waals surface area contributed by atoms with E-state index in [0.717, 1.165) is 16.9 Å². The Morgan fingerprint density at radius 2 is 1.69 bits per heavy atom. The minimum atomic E-state index is 0.400. The van der Waals surface area contributed by atoms with Gasteiger partial charge in [-0.05, 0) is 72.4 Å². The number of nitrogens with one attached hydrogen (secondary N) is 2. The van der Waals surface area contributed by atoms with Gasteiger partial charge in [-0.3, -0.25) is 5.43 Å². The Kier molecular flexibility index (Phi) is 10.0. The van der Waals surface area contributed by atoms with Gasteiger partial charge in [0.1, 0.15) is 24.7 Å². The second-order valence-corrected chi connectivity index (χ2v) is 9.67. The molecule has 5 nitrogen and oxygen atoms in total. The average molecular weight is 522 g/mol. The van der Waals surface area contributed by atoms with Gasteiger partial charge in [-0.15, -0.1) is 0 Å². The summed E-state index contributed by atoms with van der Waals surface area (Å²) >= 11 is 11.5. The monoisotopic (exact) mass is 521 g/mol. The van der Waals surface area contributed by atoms with Crippen LogP contribution in [0.3, 0.4) is 0 Å². The third kappa shape index (κ3) is 8.25. The second-order valence-electron chi connectivity index (χ2n) is 8.82. The molecule has 0 unspecified atom stereocenters. The molecule has 1 fully saturated rings. The first-order valence-electron chi connectivity index (χ1n) is 12.4. The van der Waals surface area contributed by atoms with Crippen molar-refractivity contribution < 1.29 is 9.47 Å². The van der Waals surface area contributed by atoms with Gasteiger partial charge in [-0.2, -0.15) is 5.10 Å². The number of hydrogen-bond donors (Lipinski definition) is 2. The Morgan fingerprint density at radius 3 is 2.47 bits per heavy atom. The Labute approximate surface area is 223 Å². The molecular weight excluding hydrogens is 490 g/mol. The summed E-state index contributed by atoms with van der Waals surface area (Å²) in [5.41, 5.74) is 6.14. The quantitative estimate of drug-likeness (QED) is 0.132. The first-order valence-corrected chi connectivity index (χ1v) is 13.2. The van der Waals surface area contributed by atoms with Crippen LogP contribution in [0.2, 0.25) is 5.02 Å². The lowest BCUT2D eigenvalue weighted by molar-refractivity contribution is 0.217. The molecule has 36 heavy (non-hydrogen) atoms. The molecular formula is C29H32ClN3O2S. The topological polar surface area (TPSA) is 54.9 Å². The molecule has 3 aromatic carbocycles. The third-order valence-corrected chi connectivity index (χ3v) is 6.67. The normalized spacial score (nSPS) is 13.9. The van der Waals surface area contributed by atoms with Crippen LogP contribution >= 0.6 is 23.8 Å². The minimum Gasteiger partial charge on any atom is -0.490 e. The van der Waals surface area contributed by atoms with Gasteiger partial charge in [0.05, 0.1) is 6.21 Å². The first-order chi connectivity index (χ1) is 17.7. The molecule has 0 atom stereocenters. The molecule has 0 radical (unpaired) electrons. The molecule has 0 saturated heterocycles. The largest absolute Gasteiger partial charge is 0.490 e. The molecule has 4 rings (SSSR count). The molecule has 1 aliphatic carbocycles. The molecule has 0 amide bonds. The molecule has 2 N–H and O–H groups in total. The molecule has 1 saturated carbocycles. The standard InChI is InChI=1S/C29H32ClN3O2S/c30-26-13-16-28(25(19-26)21-32-33-29(36)31-20-22-7-3-1-4-8-22)35-18-17-34-27-14-11-24(12-15-27)23-9-5-2-6-10-23/h1,3-4,7-8,11-16,19,21,23H,2,5-6,9-10,17-18,20H2,(H2,31,33,36). The molecule has 7 heteroatoms. The van der Waals surface area contributed by atoms with Crippen LogP contribution in [0.4, 0.5) is 0 Å². The fraction of sp³-hybridized carbons (Fsp3) is 0.310. The van der Waals surface area contributed by atoms with Gasteiger partial charge >= 0.3 is 0 Å². The highest BCUT2D eigenvalue weighted by molar-refractivity contribution is 7.80. The zero-order valence-electron chi connectivity index (χ0n) is 20.3. The molecule has 0 aromatic heterocycles. The summed E-state index contributed by atoms with van der Waals surface area (Å²) in [7, 11) is 0. The van der Waals surface area contributed by atoms with Gasteiger partial charge in [0.2, 0.25) is 0 Å². The van der Waals surface area contributed by atoms with Crippen LogP contribution in [0, 0.1) is 0 Å². The van der Waals surface area contributed by atoms with Crippen molar-refractivity contribution in [2.75, 3.05) is 13.2 Å². The average Bonchev–Trinajstić information content (AvgIpc) is 2.92. The van der Waals surface area contributed by atoms with Crippen LogP contribution in [0.25, 0.3) is 0 Å². The van der Waals surface area contributed by atoms with Crippen LogP contribution in [-0.4, -0.2) is 24.5 Å². The Bertz CT molecular complexity index is 1130. The van der Waals surface area contributed by atoms with Gasteiger partial charge in [0.25, 0.3) is 0 Å². The SMILES string of the molecule is S=C(NCc1ccccc1)NN=Cc1cc(Cl)ccc1OCCOc1ccc(C2CCCCC2)cc1. The maximum Gasteiger partial charge on any atom is 0.187 e. The fourth-order valence-electron chi connectivity index (χ4n) is 4.31. The van der Waals surface area contributed by atoms with Crippen LogP contribution < -0.4 is 20.2 Å². The van der Waals surface area contributed by atoms with Crippen molar-refractivity contribution in [1.82, 2.24) is 10.7 Å². The van der Waals surface area contributed by atoms with E-state index in [0.29, 0.717) is 41.6 Å². The Morgan fingerprint density at radius 1 is 0.944 bits per heavy atom. The number of hydrogen-bond acceptors (Lipinski definition) is 4. The highest BCUT2D eigenvalue weighted by Gasteiger charge is 2.15. The summed E-state index contributed by atoms with van der Waals surface area (Å²) in [6, 6.07) is 24.0. The van der Waals surface area contributed by atoms with E-state index < -0.39 is 0 Å². The number of ether oxygens (including phenoxy) is 2. The summed E-state index contributed by atoms with van der Waals surface area (Å²) in [6.07, 6.45) is 8.28. The number of hydrazone groups is 1. The van der Waals surface area contributed by atoms with Gasteiger partial charge in [-0.25, -0.2) is 0 Å². The number of nitrogens with zero attached hydrogens (tertiary/aromatic N) is 1. The number of thiocarbonyl (C=S) groups is 1. The molecule has 0 heterocycles. The van der Waals surface area contributed by atoms with Gasteiger partial charge in [0.15, 0.2) is 5.11 Å². The number of halogens is 1. The van der Waals surface area contributed by atoms with Gasteiger partial charge < -0.3 is 14.8 Å². The summed E-state index contributed by atoms with van der Waals surface area (Å²) in [5.74, 6) is 2.23. The summed E-state index contributed by atoms with van der Waals surface area (Å²) in [4.78, 5) is 0. The minimum absolute atomic E-state index is 0.400. The van der Waals surface area contributed by atoms with Crippen LogP contribution in [-0.2, 0) is 6.54 Å². The maximum absolute atomic E-state index is 6.19. The van der Waals surface area contributed by atoms with Crippen molar-refractivity contribution in [3.05, 3.63) is 94.5 Å². The zero-order chi connectivity index (χ0) is 25.0. The third-order valence-electron chi connectivity index (χ3n) is 6.20. The predicted octanol–water partition coefficient (Wildman–Crippen LogP) is 6.84. The first kappa shape index (κ1) is 26.0. The van der Waals surface area contributed by atoms with Crippen molar-refractivity contribution in [2.45, 2.75) is 44.6 Å². The number of rotatable bonds is 10. The smallest absolute Gasteiger partial charge is 0.187 e. The van der Waals surface area contributed by atoms with Crippen molar-refractivity contribution >= 4 is 35.1 Å². The van der Waals surface area contributed by atoms with Gasteiger partial charge in [0, 0.05) is 17.1 Å². The lowest BCUT2D eigenvalue weighted by Gasteiger charge is -2.22. The van der Waals surface area contributed by atoms with Crippen LogP contribution in [0.15, 0.2) is 77.9 Å². The molecule has 1 aliphatic rings. The molecule has 0 aliphatic heterocycles. The van der Waals surface area contributed by atoms with Crippen LogP contribution in [0.5, 0.6) is 11.5 Å². The fourth-order valence-corrected chi connectivity index (χ4v) is 4.62. The van der Waals surface area contributed by atoms with E-state index >= 15 is 0 Å². The van der Waals surface area contributed by atoms with Gasteiger partial charge in [-0.1, -0.05) is 73.3 Å². The van der Waals surface area contributed by atoms with Crippen LogP contribution in [0.1, 0.15) is 54.7 Å². The lowest BCUT2D eigenvalue weighted by atomic mass is 9.84. The van der Waals surface area contributed by atoms with E-state index in [1.807, 2.05) is 36.4 Å². The zero-order valence-corrected chi connectivity index (χ0v) is 21.9. The van der Waals surface area contributed by atoms with Crippen molar-refractivity contribution in [3.63, 3.8) is 0 Å². The van der Waals surface area contributed by atoms with E-state index in [1.165, 1.54) is 37.7 Å². The molecule has 0 spiro atoms. The lowest BCUT2D eigenvalue weighted by Crippen LogP contribution is -2.31. The van der Waals surface area contributed by atoms with Crippen molar-refractivity contribution in [3.8, 4) is 11.5 Å². The van der Waals surface area contributed by atoms with E-state index in [9.17, 15) is 0 Å². The highest BCUT2D eigenvalue weighted by Crippen LogP contribution is 2.33. The maximum atomic E-state index is 6.19. The molecule has 188 valence electrons. The highest BCUT2D eigenvalue weighted by atomic mass is 35.5. The Balaban J connectivity index is 1.22. The van der Waals surface area contributed by atoms with E-state index in [1.54, 1.807) is 18.3 Å². The summed E-state index contributed by atoms with van der Waals surface area (Å²) in [6.45, 7) is 1.46. The van der Waals surface area contributed by atoms with Crippen molar-refractivity contribution in [1.29, 1.82) is 0 Å². The second kappa shape index (κ2) is 13.9. The van der Waals surface area contributed by atoms with E-state index in [-0.39, 0.29) is 0 Å². The van der Waals surface area contributed by atoms with Crippen molar-refractivity contribution in [2.24, 2.45) is 5.10 Å². The summed E-state index contributed by atoms with van der Waals surface area (Å²) < 4.78 is 11.8. The Hall–Kier alpha value is -3.09. The van der Waals surface area contributed by atoms with E-state index in [4.69, 9.17) is 33.3 Å².